The molecule has 6 nitrogen and oxygen atoms in total. The topological polar surface area (TPSA) is 75.7 Å². The highest BCUT2D eigenvalue weighted by Gasteiger charge is 2.27. The zero-order chi connectivity index (χ0) is 20.0. The van der Waals surface area contributed by atoms with Crippen molar-refractivity contribution in [3.63, 3.8) is 0 Å². The average molecular weight is 386 g/mol. The second-order valence-corrected chi connectivity index (χ2v) is 6.16. The van der Waals surface area contributed by atoms with Crippen molar-refractivity contribution >= 4 is 17.8 Å². The van der Waals surface area contributed by atoms with Crippen molar-refractivity contribution < 1.29 is 32.3 Å². The summed E-state index contributed by atoms with van der Waals surface area (Å²) in [5.41, 5.74) is -0.522. The minimum absolute atomic E-state index is 0.00753. The van der Waals surface area contributed by atoms with E-state index in [-0.39, 0.29) is 44.5 Å². The Morgan fingerprint density at radius 1 is 1.11 bits per heavy atom. The first-order valence-corrected chi connectivity index (χ1v) is 8.71. The van der Waals surface area contributed by atoms with Gasteiger partial charge in [0.2, 0.25) is 5.91 Å². The number of amides is 2. The zero-order valence-electron chi connectivity index (χ0n) is 14.9. The lowest BCUT2D eigenvalue weighted by Crippen LogP contribution is -2.46. The maximum atomic E-state index is 13.8. The Kier molecular flexibility index (Phi) is 7.20. The lowest BCUT2D eigenvalue weighted by atomic mass is 10.0. The first kappa shape index (κ1) is 20.7. The van der Waals surface area contributed by atoms with E-state index in [0.717, 1.165) is 6.07 Å². The van der Waals surface area contributed by atoms with Gasteiger partial charge in [0, 0.05) is 25.6 Å². The number of esters is 1. The van der Waals surface area contributed by atoms with E-state index >= 15 is 0 Å². The first-order valence-electron chi connectivity index (χ1n) is 8.71. The Bertz CT molecular complexity index is 719. The molecule has 1 heterocycles. The number of halogens is 3. The summed E-state index contributed by atoms with van der Waals surface area (Å²) in [5.74, 6) is -5.99. The van der Waals surface area contributed by atoms with Crippen LogP contribution in [0.25, 0.3) is 0 Å². The standard InChI is InChI=1S/C18H21F3N2O4/c1-2-27-15(25)6-5-14(24)22-11-7-9-23(10-8-11)18(26)12-3-4-13(19)17(21)16(12)20/h3-4,11H,2,5-10H2,1H3,(H,22,24). The van der Waals surface area contributed by atoms with Crippen molar-refractivity contribution in [3.05, 3.63) is 35.1 Å². The van der Waals surface area contributed by atoms with Crippen LogP contribution in [0, 0.1) is 17.5 Å². The van der Waals surface area contributed by atoms with Crippen LogP contribution >= 0.6 is 0 Å². The molecule has 27 heavy (non-hydrogen) atoms. The molecule has 0 saturated carbocycles. The molecular formula is C18H21F3N2O4. The van der Waals surface area contributed by atoms with Gasteiger partial charge in [0.1, 0.15) is 0 Å². The van der Waals surface area contributed by atoms with Crippen molar-refractivity contribution in [1.29, 1.82) is 0 Å². The average Bonchev–Trinajstić information content (AvgIpc) is 2.65. The van der Waals surface area contributed by atoms with E-state index < -0.39 is 34.9 Å². The predicted molar refractivity (Wildman–Crippen MR) is 89.3 cm³/mol. The number of hydrogen-bond acceptors (Lipinski definition) is 4. The van der Waals surface area contributed by atoms with E-state index in [1.165, 1.54) is 4.90 Å². The maximum absolute atomic E-state index is 13.8. The Labute approximate surface area is 154 Å². The molecule has 1 aliphatic heterocycles. The van der Waals surface area contributed by atoms with Gasteiger partial charge in [0.15, 0.2) is 17.5 Å². The van der Waals surface area contributed by atoms with Crippen LogP contribution in [-0.4, -0.2) is 48.4 Å². The van der Waals surface area contributed by atoms with Gasteiger partial charge in [-0.3, -0.25) is 14.4 Å². The molecule has 2 rings (SSSR count). The van der Waals surface area contributed by atoms with Crippen molar-refractivity contribution in [1.82, 2.24) is 10.2 Å². The van der Waals surface area contributed by atoms with Gasteiger partial charge < -0.3 is 15.0 Å². The molecule has 0 spiro atoms. The van der Waals surface area contributed by atoms with E-state index in [2.05, 4.69) is 5.32 Å². The summed E-state index contributed by atoms with van der Waals surface area (Å²) in [4.78, 5) is 36.7. The minimum atomic E-state index is -1.68. The van der Waals surface area contributed by atoms with E-state index in [9.17, 15) is 27.6 Å². The van der Waals surface area contributed by atoms with Gasteiger partial charge in [-0.2, -0.15) is 0 Å². The monoisotopic (exact) mass is 386 g/mol. The number of carbonyl (C=O) groups is 3. The maximum Gasteiger partial charge on any atom is 0.306 e. The Balaban J connectivity index is 1.83. The molecule has 1 aromatic carbocycles. The van der Waals surface area contributed by atoms with E-state index in [1.54, 1.807) is 6.92 Å². The summed E-state index contributed by atoms with van der Waals surface area (Å²) in [6, 6.07) is 1.44. The Morgan fingerprint density at radius 3 is 2.41 bits per heavy atom. The molecule has 0 unspecified atom stereocenters. The summed E-state index contributed by atoms with van der Waals surface area (Å²) in [6.07, 6.45) is 0.870. The van der Waals surface area contributed by atoms with E-state index in [0.29, 0.717) is 18.9 Å². The van der Waals surface area contributed by atoms with Gasteiger partial charge in [0.25, 0.3) is 5.91 Å². The molecule has 1 N–H and O–H groups in total. The SMILES string of the molecule is CCOC(=O)CCC(=O)NC1CCN(C(=O)c2ccc(F)c(F)c2F)CC1. The lowest BCUT2D eigenvalue weighted by Gasteiger charge is -2.32. The highest BCUT2D eigenvalue weighted by atomic mass is 19.2. The Morgan fingerprint density at radius 2 is 1.78 bits per heavy atom. The molecule has 1 aromatic rings. The molecule has 2 amide bonds. The highest BCUT2D eigenvalue weighted by Crippen LogP contribution is 2.19. The van der Waals surface area contributed by atoms with Crippen LogP contribution in [0.1, 0.15) is 43.0 Å². The summed E-state index contributed by atoms with van der Waals surface area (Å²) >= 11 is 0. The van der Waals surface area contributed by atoms with Crippen LogP contribution in [0.4, 0.5) is 13.2 Å². The number of ether oxygens (including phenoxy) is 1. The molecule has 1 aliphatic rings. The summed E-state index contributed by atoms with van der Waals surface area (Å²) in [5, 5.41) is 2.78. The van der Waals surface area contributed by atoms with Gasteiger partial charge in [-0.1, -0.05) is 0 Å². The van der Waals surface area contributed by atoms with Gasteiger partial charge in [0.05, 0.1) is 18.6 Å². The lowest BCUT2D eigenvalue weighted by molar-refractivity contribution is -0.144. The molecule has 0 bridgehead atoms. The highest BCUT2D eigenvalue weighted by molar-refractivity contribution is 5.94. The second kappa shape index (κ2) is 9.38. The van der Waals surface area contributed by atoms with E-state index in [4.69, 9.17) is 4.74 Å². The molecule has 0 radical (unpaired) electrons. The van der Waals surface area contributed by atoms with Gasteiger partial charge in [-0.25, -0.2) is 13.2 Å². The van der Waals surface area contributed by atoms with Gasteiger partial charge in [-0.05, 0) is 31.9 Å². The third-order valence-corrected chi connectivity index (χ3v) is 4.27. The molecule has 1 fully saturated rings. The van der Waals surface area contributed by atoms with Crippen molar-refractivity contribution in [2.45, 2.75) is 38.6 Å². The number of piperidine rings is 1. The minimum Gasteiger partial charge on any atom is -0.466 e. The normalized spacial score (nSPS) is 14.7. The van der Waals surface area contributed by atoms with Crippen LogP contribution < -0.4 is 5.32 Å². The van der Waals surface area contributed by atoms with Crippen LogP contribution in [-0.2, 0) is 14.3 Å². The summed E-state index contributed by atoms with van der Waals surface area (Å²) in [6.45, 7) is 2.41. The van der Waals surface area contributed by atoms with Crippen molar-refractivity contribution in [3.8, 4) is 0 Å². The number of rotatable bonds is 6. The molecule has 9 heteroatoms. The molecule has 1 saturated heterocycles. The van der Waals surface area contributed by atoms with Gasteiger partial charge in [-0.15, -0.1) is 0 Å². The van der Waals surface area contributed by atoms with Crippen LogP contribution in [0.5, 0.6) is 0 Å². The molecule has 148 valence electrons. The third kappa shape index (κ3) is 5.45. The van der Waals surface area contributed by atoms with Crippen LogP contribution in [0.3, 0.4) is 0 Å². The molecule has 0 aromatic heterocycles. The fourth-order valence-corrected chi connectivity index (χ4v) is 2.84. The second-order valence-electron chi connectivity index (χ2n) is 6.16. The number of hydrogen-bond donors (Lipinski definition) is 1. The van der Waals surface area contributed by atoms with Crippen LogP contribution in [0.15, 0.2) is 12.1 Å². The number of nitrogens with zero attached hydrogens (tertiary/aromatic N) is 1. The Hall–Kier alpha value is -2.58. The predicted octanol–water partition coefficient (Wildman–Crippen LogP) is 2.17. The fourth-order valence-electron chi connectivity index (χ4n) is 2.84. The van der Waals surface area contributed by atoms with E-state index in [1.807, 2.05) is 0 Å². The zero-order valence-corrected chi connectivity index (χ0v) is 14.9. The van der Waals surface area contributed by atoms with Crippen molar-refractivity contribution in [2.24, 2.45) is 0 Å². The first-order chi connectivity index (χ1) is 12.8. The summed E-state index contributed by atoms with van der Waals surface area (Å²) < 4.78 is 44.8. The fraction of sp³-hybridized carbons (Fsp3) is 0.500. The number of benzene rings is 1. The molecule has 0 atom stereocenters. The summed E-state index contributed by atoms with van der Waals surface area (Å²) in [7, 11) is 0. The van der Waals surface area contributed by atoms with Crippen LogP contribution in [0.2, 0.25) is 0 Å². The smallest absolute Gasteiger partial charge is 0.306 e. The quantitative estimate of drug-likeness (QED) is 0.601. The number of nitrogens with one attached hydrogen (secondary N) is 1. The number of carbonyl (C=O) groups excluding carboxylic acids is 3. The molecular weight excluding hydrogens is 365 g/mol. The number of likely N-dealkylation sites (tertiary alicyclic amines) is 1. The third-order valence-electron chi connectivity index (χ3n) is 4.27. The van der Waals surface area contributed by atoms with Crippen molar-refractivity contribution in [2.75, 3.05) is 19.7 Å². The van der Waals surface area contributed by atoms with Gasteiger partial charge >= 0.3 is 5.97 Å². The molecule has 0 aliphatic carbocycles. The largest absolute Gasteiger partial charge is 0.466 e.